The van der Waals surface area contributed by atoms with E-state index in [9.17, 15) is 8.42 Å². The van der Waals surface area contributed by atoms with Gasteiger partial charge in [0.15, 0.2) is 5.96 Å². The highest BCUT2D eigenvalue weighted by atomic mass is 32.2. The molecule has 1 fully saturated rings. The number of hydrogen-bond donors (Lipinski definition) is 3. The second-order valence-electron chi connectivity index (χ2n) is 5.94. The van der Waals surface area contributed by atoms with E-state index in [0.29, 0.717) is 37.1 Å². The molecule has 7 nitrogen and oxygen atoms in total. The minimum Gasteiger partial charge on any atom is -0.355 e. The molecule has 1 rings (SSSR count). The first-order chi connectivity index (χ1) is 9.73. The van der Waals surface area contributed by atoms with E-state index in [4.69, 9.17) is 0 Å². The summed E-state index contributed by atoms with van der Waals surface area (Å²) in [6.07, 6.45) is 1.15. The van der Waals surface area contributed by atoms with Crippen LogP contribution in [-0.4, -0.2) is 70.8 Å². The molecular weight excluding hydrogens is 290 g/mol. The van der Waals surface area contributed by atoms with Crippen molar-refractivity contribution in [1.82, 2.24) is 20.3 Å². The Morgan fingerprint density at radius 1 is 1.33 bits per heavy atom. The fraction of sp³-hybridized carbons (Fsp3) is 0.923. The largest absolute Gasteiger partial charge is 0.355 e. The molecule has 124 valence electrons. The first-order valence-corrected chi connectivity index (χ1v) is 9.28. The van der Waals surface area contributed by atoms with Crippen LogP contribution < -0.4 is 15.4 Å². The van der Waals surface area contributed by atoms with E-state index >= 15 is 0 Å². The summed E-state index contributed by atoms with van der Waals surface area (Å²) in [5.41, 5.74) is 0. The molecule has 0 radical (unpaired) electrons. The van der Waals surface area contributed by atoms with Gasteiger partial charge in [-0.05, 0) is 19.8 Å². The summed E-state index contributed by atoms with van der Waals surface area (Å²) < 4.78 is 24.4. The number of sulfonamides is 1. The second kappa shape index (κ2) is 7.95. The molecule has 1 heterocycles. The lowest BCUT2D eigenvalue weighted by atomic mass is 10.1. The Morgan fingerprint density at radius 2 is 2.00 bits per heavy atom. The van der Waals surface area contributed by atoms with Crippen molar-refractivity contribution in [2.45, 2.75) is 32.9 Å². The van der Waals surface area contributed by atoms with E-state index in [1.54, 1.807) is 7.05 Å². The van der Waals surface area contributed by atoms with Gasteiger partial charge in [-0.1, -0.05) is 6.92 Å². The lowest BCUT2D eigenvalue weighted by molar-refractivity contribution is 0.265. The molecule has 3 N–H and O–H groups in total. The van der Waals surface area contributed by atoms with Gasteiger partial charge in [-0.25, -0.2) is 13.1 Å². The third-order valence-electron chi connectivity index (χ3n) is 3.70. The number of nitrogens with zero attached hydrogens (tertiary/aromatic N) is 2. The molecule has 0 spiro atoms. The molecule has 21 heavy (non-hydrogen) atoms. The highest BCUT2D eigenvalue weighted by Crippen LogP contribution is 2.18. The number of likely N-dealkylation sites (tertiary alicyclic amines) is 1. The predicted octanol–water partition coefficient (Wildman–Crippen LogP) is -0.571. The molecule has 0 amide bonds. The van der Waals surface area contributed by atoms with Crippen LogP contribution in [0.3, 0.4) is 0 Å². The van der Waals surface area contributed by atoms with Crippen molar-refractivity contribution >= 4 is 16.0 Å². The lowest BCUT2D eigenvalue weighted by Gasteiger charge is -2.21. The van der Waals surface area contributed by atoms with Crippen molar-refractivity contribution in [1.29, 1.82) is 0 Å². The SMILES string of the molecule is CN=C(NCCNS(C)(=O)=O)NC1CN(C(C)C)CC1C. The Balaban J connectivity index is 2.38. The Kier molecular flexibility index (Phi) is 6.89. The van der Waals surface area contributed by atoms with Crippen LogP contribution in [0.1, 0.15) is 20.8 Å². The van der Waals surface area contributed by atoms with Gasteiger partial charge in [0.1, 0.15) is 0 Å². The molecule has 0 aliphatic carbocycles. The molecular formula is C13H29N5O2S. The zero-order valence-electron chi connectivity index (χ0n) is 13.7. The van der Waals surface area contributed by atoms with Crippen molar-refractivity contribution in [2.24, 2.45) is 10.9 Å². The van der Waals surface area contributed by atoms with Crippen LogP contribution in [-0.2, 0) is 10.0 Å². The van der Waals surface area contributed by atoms with Gasteiger partial charge < -0.3 is 10.6 Å². The smallest absolute Gasteiger partial charge is 0.208 e. The fourth-order valence-corrected chi connectivity index (χ4v) is 2.87. The van der Waals surface area contributed by atoms with Crippen molar-refractivity contribution in [2.75, 3.05) is 39.5 Å². The Morgan fingerprint density at radius 3 is 2.48 bits per heavy atom. The molecule has 1 aliphatic heterocycles. The molecule has 8 heteroatoms. The first kappa shape index (κ1) is 18.2. The van der Waals surface area contributed by atoms with Gasteiger partial charge in [-0.3, -0.25) is 9.89 Å². The Labute approximate surface area is 128 Å². The summed E-state index contributed by atoms with van der Waals surface area (Å²) in [6.45, 7) is 9.58. The van der Waals surface area contributed by atoms with Crippen LogP contribution in [0.5, 0.6) is 0 Å². The number of guanidine groups is 1. The summed E-state index contributed by atoms with van der Waals surface area (Å²) in [5.74, 6) is 1.27. The van der Waals surface area contributed by atoms with Gasteiger partial charge in [-0.2, -0.15) is 0 Å². The Hall–Kier alpha value is -0.860. The number of hydrogen-bond acceptors (Lipinski definition) is 4. The number of rotatable bonds is 6. The zero-order valence-corrected chi connectivity index (χ0v) is 14.5. The molecule has 1 aliphatic rings. The summed E-state index contributed by atoms with van der Waals surface area (Å²) >= 11 is 0. The molecule has 0 saturated carbocycles. The van der Waals surface area contributed by atoms with Crippen molar-refractivity contribution < 1.29 is 8.42 Å². The zero-order chi connectivity index (χ0) is 16.0. The number of aliphatic imine (C=N–C) groups is 1. The summed E-state index contributed by atoms with van der Waals surface area (Å²) in [7, 11) is -1.41. The molecule has 0 aromatic carbocycles. The molecule has 1 saturated heterocycles. The highest BCUT2D eigenvalue weighted by Gasteiger charge is 2.31. The van der Waals surface area contributed by atoms with Gasteiger partial charge in [0.25, 0.3) is 0 Å². The second-order valence-corrected chi connectivity index (χ2v) is 7.77. The lowest BCUT2D eigenvalue weighted by Crippen LogP contribution is -2.48. The molecule has 2 atom stereocenters. The average Bonchev–Trinajstić information content (AvgIpc) is 2.73. The van der Waals surface area contributed by atoms with Crippen LogP contribution in [0.2, 0.25) is 0 Å². The van der Waals surface area contributed by atoms with E-state index in [0.717, 1.165) is 19.3 Å². The predicted molar refractivity (Wildman–Crippen MR) is 87.0 cm³/mol. The third-order valence-corrected chi connectivity index (χ3v) is 4.43. The van der Waals surface area contributed by atoms with E-state index in [1.807, 2.05) is 0 Å². The van der Waals surface area contributed by atoms with Gasteiger partial charge >= 0.3 is 0 Å². The topological polar surface area (TPSA) is 85.8 Å². The third kappa shape index (κ3) is 6.62. The van der Waals surface area contributed by atoms with Crippen LogP contribution in [0, 0.1) is 5.92 Å². The monoisotopic (exact) mass is 319 g/mol. The highest BCUT2D eigenvalue weighted by molar-refractivity contribution is 7.88. The van der Waals surface area contributed by atoms with Gasteiger partial charge in [0.2, 0.25) is 10.0 Å². The first-order valence-electron chi connectivity index (χ1n) is 7.38. The maximum Gasteiger partial charge on any atom is 0.208 e. The van der Waals surface area contributed by atoms with E-state index < -0.39 is 10.0 Å². The van der Waals surface area contributed by atoms with Gasteiger partial charge in [0, 0.05) is 45.3 Å². The van der Waals surface area contributed by atoms with E-state index in [2.05, 4.69) is 46.0 Å². The summed E-state index contributed by atoms with van der Waals surface area (Å²) in [5, 5.41) is 6.54. The van der Waals surface area contributed by atoms with Crippen LogP contribution >= 0.6 is 0 Å². The van der Waals surface area contributed by atoms with E-state index in [1.165, 1.54) is 0 Å². The molecule has 0 aromatic heterocycles. The van der Waals surface area contributed by atoms with Crippen molar-refractivity contribution in [3.8, 4) is 0 Å². The Bertz CT molecular complexity index is 449. The van der Waals surface area contributed by atoms with E-state index in [-0.39, 0.29) is 0 Å². The van der Waals surface area contributed by atoms with Crippen molar-refractivity contribution in [3.63, 3.8) is 0 Å². The van der Waals surface area contributed by atoms with Crippen molar-refractivity contribution in [3.05, 3.63) is 0 Å². The van der Waals surface area contributed by atoms with Gasteiger partial charge in [-0.15, -0.1) is 0 Å². The average molecular weight is 319 g/mol. The minimum atomic E-state index is -3.13. The summed E-state index contributed by atoms with van der Waals surface area (Å²) in [6, 6.07) is 0.912. The maximum atomic E-state index is 11.0. The fourth-order valence-electron chi connectivity index (χ4n) is 2.40. The normalized spacial score (nSPS) is 24.6. The summed E-state index contributed by atoms with van der Waals surface area (Å²) in [4.78, 5) is 6.63. The molecule has 0 aromatic rings. The van der Waals surface area contributed by atoms with Crippen LogP contribution in [0.15, 0.2) is 4.99 Å². The van der Waals surface area contributed by atoms with Crippen LogP contribution in [0.4, 0.5) is 0 Å². The van der Waals surface area contributed by atoms with Crippen LogP contribution in [0.25, 0.3) is 0 Å². The standard InChI is InChI=1S/C13H29N5O2S/c1-10(2)18-8-11(3)12(9-18)17-13(14-4)15-6-7-16-21(5,19)20/h10-12,16H,6-9H2,1-5H3,(H2,14,15,17). The maximum absolute atomic E-state index is 11.0. The molecule has 2 unspecified atom stereocenters. The van der Waals surface area contributed by atoms with Gasteiger partial charge in [0.05, 0.1) is 6.26 Å². The molecule has 0 bridgehead atoms. The number of nitrogens with one attached hydrogen (secondary N) is 3. The minimum absolute atomic E-state index is 0.345. The quantitative estimate of drug-likeness (QED) is 0.347.